The molecule has 0 aliphatic rings. The minimum atomic E-state index is -0.101. The Morgan fingerprint density at radius 1 is 1.11 bits per heavy atom. The molecule has 98 valence electrons. The topological polar surface area (TPSA) is 49.3 Å². The molecule has 2 aromatic rings. The van der Waals surface area contributed by atoms with Crippen molar-refractivity contribution in [2.75, 3.05) is 5.32 Å². The first kappa shape index (κ1) is 13.1. The summed E-state index contributed by atoms with van der Waals surface area (Å²) in [5, 5.41) is 12.0. The van der Waals surface area contributed by atoms with E-state index < -0.39 is 0 Å². The maximum atomic E-state index is 12.0. The van der Waals surface area contributed by atoms with Gasteiger partial charge in [-0.3, -0.25) is 4.79 Å². The highest BCUT2D eigenvalue weighted by atomic mass is 16.3. The number of amides is 1. The summed E-state index contributed by atoms with van der Waals surface area (Å²) in [6.07, 6.45) is 0.713. The first-order chi connectivity index (χ1) is 9.15. The number of nitrogens with one attached hydrogen (secondary N) is 1. The molecular weight excluding hydrogens is 238 g/mol. The maximum absolute atomic E-state index is 12.0. The van der Waals surface area contributed by atoms with Crippen LogP contribution in [0, 0.1) is 5.92 Å². The van der Waals surface area contributed by atoms with Crippen molar-refractivity contribution in [1.29, 1.82) is 0 Å². The first-order valence-corrected chi connectivity index (χ1v) is 6.29. The van der Waals surface area contributed by atoms with Crippen LogP contribution in [0.4, 0.5) is 5.69 Å². The van der Waals surface area contributed by atoms with Crippen molar-refractivity contribution in [3.8, 4) is 5.75 Å². The van der Waals surface area contributed by atoms with Gasteiger partial charge in [0, 0.05) is 11.6 Å². The van der Waals surface area contributed by atoms with Gasteiger partial charge in [-0.2, -0.15) is 0 Å². The summed E-state index contributed by atoms with van der Waals surface area (Å²) in [5.74, 6) is 0.0704. The predicted molar refractivity (Wildman–Crippen MR) is 76.0 cm³/mol. The Morgan fingerprint density at radius 2 is 1.74 bits per heavy atom. The molecule has 3 nitrogen and oxygen atoms in total. The maximum Gasteiger partial charge on any atom is 0.227 e. The summed E-state index contributed by atoms with van der Waals surface area (Å²) in [4.78, 5) is 12.0. The smallest absolute Gasteiger partial charge is 0.227 e. The Hall–Kier alpha value is -2.29. The van der Waals surface area contributed by atoms with Crippen LogP contribution in [0.25, 0.3) is 0 Å². The van der Waals surface area contributed by atoms with Gasteiger partial charge in [-0.15, -0.1) is 0 Å². The number of phenols is 1. The Labute approximate surface area is 112 Å². The van der Waals surface area contributed by atoms with E-state index in [0.717, 1.165) is 5.56 Å². The number of carbonyl (C=O) groups excluding carboxylic acids is 1. The number of hydrogen-bond acceptors (Lipinski definition) is 2. The lowest BCUT2D eigenvalue weighted by molar-refractivity contribution is -0.119. The van der Waals surface area contributed by atoms with E-state index in [1.54, 1.807) is 24.3 Å². The van der Waals surface area contributed by atoms with Gasteiger partial charge >= 0.3 is 0 Å². The molecule has 19 heavy (non-hydrogen) atoms. The first-order valence-electron chi connectivity index (χ1n) is 6.29. The molecule has 0 bridgehead atoms. The van der Waals surface area contributed by atoms with Crippen LogP contribution in [-0.2, 0) is 11.2 Å². The van der Waals surface area contributed by atoms with E-state index in [9.17, 15) is 9.90 Å². The molecule has 1 amide bonds. The Balaban J connectivity index is 1.94. The lowest BCUT2D eigenvalue weighted by atomic mass is 10.0. The monoisotopic (exact) mass is 255 g/mol. The molecule has 2 aromatic carbocycles. The number of hydrogen-bond donors (Lipinski definition) is 2. The summed E-state index contributed by atoms with van der Waals surface area (Å²) in [6.45, 7) is 1.91. The van der Waals surface area contributed by atoms with Gasteiger partial charge in [0.2, 0.25) is 5.91 Å². The van der Waals surface area contributed by atoms with Gasteiger partial charge in [-0.25, -0.2) is 0 Å². The summed E-state index contributed by atoms with van der Waals surface area (Å²) in [6, 6.07) is 16.4. The zero-order valence-corrected chi connectivity index (χ0v) is 10.8. The number of phenolic OH excluding ortho intramolecular Hbond substituents is 1. The van der Waals surface area contributed by atoms with E-state index in [-0.39, 0.29) is 17.6 Å². The Morgan fingerprint density at radius 3 is 2.37 bits per heavy atom. The Kier molecular flexibility index (Phi) is 4.18. The van der Waals surface area contributed by atoms with Crippen LogP contribution in [-0.4, -0.2) is 11.0 Å². The standard InChI is InChI=1S/C16H17NO2/c1-12(11-13-5-3-2-4-6-13)16(19)17-14-7-9-15(18)10-8-14/h2-10,12,18H,11H2,1H3,(H,17,19). The molecule has 0 aliphatic carbocycles. The van der Waals surface area contributed by atoms with Crippen molar-refractivity contribution in [1.82, 2.24) is 0 Å². The van der Waals surface area contributed by atoms with Crippen molar-refractivity contribution in [3.05, 3.63) is 60.2 Å². The fraction of sp³-hybridized carbons (Fsp3) is 0.188. The zero-order chi connectivity index (χ0) is 13.7. The van der Waals surface area contributed by atoms with Crippen molar-refractivity contribution in [2.45, 2.75) is 13.3 Å². The van der Waals surface area contributed by atoms with E-state index in [1.165, 1.54) is 0 Å². The normalized spacial score (nSPS) is 11.8. The van der Waals surface area contributed by atoms with Crippen LogP contribution < -0.4 is 5.32 Å². The van der Waals surface area contributed by atoms with Crippen LogP contribution in [0.3, 0.4) is 0 Å². The second-order valence-corrected chi connectivity index (χ2v) is 4.63. The highest BCUT2D eigenvalue weighted by molar-refractivity contribution is 5.92. The molecular formula is C16H17NO2. The lowest BCUT2D eigenvalue weighted by Crippen LogP contribution is -2.22. The largest absolute Gasteiger partial charge is 0.508 e. The van der Waals surface area contributed by atoms with E-state index in [0.29, 0.717) is 12.1 Å². The molecule has 0 saturated carbocycles. The third-order valence-electron chi connectivity index (χ3n) is 2.97. The number of anilines is 1. The number of aromatic hydroxyl groups is 1. The average Bonchev–Trinajstić information content (AvgIpc) is 2.42. The van der Waals surface area contributed by atoms with Crippen LogP contribution in [0.15, 0.2) is 54.6 Å². The van der Waals surface area contributed by atoms with Crippen molar-refractivity contribution < 1.29 is 9.90 Å². The molecule has 0 aliphatic heterocycles. The van der Waals surface area contributed by atoms with Crippen LogP contribution in [0.5, 0.6) is 5.75 Å². The average molecular weight is 255 g/mol. The molecule has 0 fully saturated rings. The van der Waals surface area contributed by atoms with Crippen molar-refractivity contribution >= 4 is 11.6 Å². The SMILES string of the molecule is CC(Cc1ccccc1)C(=O)Nc1ccc(O)cc1. The van der Waals surface area contributed by atoms with Crippen molar-refractivity contribution in [3.63, 3.8) is 0 Å². The minimum Gasteiger partial charge on any atom is -0.508 e. The highest BCUT2D eigenvalue weighted by Gasteiger charge is 2.13. The molecule has 2 rings (SSSR count). The molecule has 3 heteroatoms. The van der Waals surface area contributed by atoms with Gasteiger partial charge in [0.15, 0.2) is 0 Å². The van der Waals surface area contributed by atoms with E-state index in [4.69, 9.17) is 0 Å². The number of carbonyl (C=O) groups is 1. The molecule has 0 saturated heterocycles. The molecule has 0 heterocycles. The molecule has 0 aromatic heterocycles. The van der Waals surface area contributed by atoms with E-state index in [2.05, 4.69) is 5.32 Å². The number of benzene rings is 2. The highest BCUT2D eigenvalue weighted by Crippen LogP contribution is 2.16. The van der Waals surface area contributed by atoms with Gasteiger partial charge in [0.1, 0.15) is 5.75 Å². The molecule has 0 radical (unpaired) electrons. The summed E-state index contributed by atoms with van der Waals surface area (Å²) in [5.41, 5.74) is 1.85. The molecule has 1 atom stereocenters. The molecule has 0 spiro atoms. The van der Waals surface area contributed by atoms with E-state index >= 15 is 0 Å². The lowest BCUT2D eigenvalue weighted by Gasteiger charge is -2.12. The fourth-order valence-electron chi connectivity index (χ4n) is 1.87. The third kappa shape index (κ3) is 3.85. The second-order valence-electron chi connectivity index (χ2n) is 4.63. The quantitative estimate of drug-likeness (QED) is 0.824. The predicted octanol–water partition coefficient (Wildman–Crippen LogP) is 3.21. The van der Waals surface area contributed by atoms with Gasteiger partial charge in [0.05, 0.1) is 0 Å². The van der Waals surface area contributed by atoms with Crippen LogP contribution >= 0.6 is 0 Å². The van der Waals surface area contributed by atoms with Crippen LogP contribution in [0.2, 0.25) is 0 Å². The van der Waals surface area contributed by atoms with Gasteiger partial charge in [-0.05, 0) is 36.2 Å². The molecule has 2 N–H and O–H groups in total. The second kappa shape index (κ2) is 6.05. The van der Waals surface area contributed by atoms with Gasteiger partial charge < -0.3 is 10.4 Å². The summed E-state index contributed by atoms with van der Waals surface area (Å²) in [7, 11) is 0. The van der Waals surface area contributed by atoms with Crippen molar-refractivity contribution in [2.24, 2.45) is 5.92 Å². The van der Waals surface area contributed by atoms with Gasteiger partial charge in [-0.1, -0.05) is 37.3 Å². The third-order valence-corrected chi connectivity index (χ3v) is 2.97. The summed E-state index contributed by atoms with van der Waals surface area (Å²) >= 11 is 0. The van der Waals surface area contributed by atoms with Gasteiger partial charge in [0.25, 0.3) is 0 Å². The van der Waals surface area contributed by atoms with E-state index in [1.807, 2.05) is 37.3 Å². The summed E-state index contributed by atoms with van der Waals surface area (Å²) < 4.78 is 0. The molecule has 1 unspecified atom stereocenters. The fourth-order valence-corrected chi connectivity index (χ4v) is 1.87. The minimum absolute atomic E-state index is 0.0189. The zero-order valence-electron chi connectivity index (χ0n) is 10.8. The number of rotatable bonds is 4. The van der Waals surface area contributed by atoms with Crippen LogP contribution in [0.1, 0.15) is 12.5 Å². The Bertz CT molecular complexity index is 534.